The number of methoxy groups -OCH3 is 2. The van der Waals surface area contributed by atoms with Crippen LogP contribution in [0.1, 0.15) is 15.9 Å². The van der Waals surface area contributed by atoms with Crippen LogP contribution in [0.25, 0.3) is 0 Å². The number of rotatable bonds is 7. The number of hydrogen-bond donors (Lipinski definition) is 2. The Morgan fingerprint density at radius 1 is 1.06 bits per heavy atom. The molecule has 1 amide bonds. The van der Waals surface area contributed by atoms with Crippen LogP contribution in [-0.4, -0.2) is 35.6 Å². The van der Waals surface area contributed by atoms with Crippen molar-refractivity contribution < 1.29 is 36.4 Å². The van der Waals surface area contributed by atoms with E-state index in [1.807, 2.05) is 0 Å². The van der Waals surface area contributed by atoms with E-state index in [0.29, 0.717) is 18.0 Å². The smallest absolute Gasteiger partial charge is 0.417 e. The zero-order valence-electron chi connectivity index (χ0n) is 18.2. The van der Waals surface area contributed by atoms with Crippen LogP contribution in [0.5, 0.6) is 23.1 Å². The minimum absolute atomic E-state index is 0.0894. The van der Waals surface area contributed by atoms with Crippen molar-refractivity contribution in [2.24, 2.45) is 0 Å². The fourth-order valence-corrected chi connectivity index (χ4v) is 3.52. The van der Waals surface area contributed by atoms with E-state index in [4.69, 9.17) is 19.0 Å². The van der Waals surface area contributed by atoms with Gasteiger partial charge in [0.1, 0.15) is 11.3 Å². The summed E-state index contributed by atoms with van der Waals surface area (Å²) in [5, 5.41) is 2.44. The van der Waals surface area contributed by atoms with Gasteiger partial charge in [0, 0.05) is 29.1 Å². The molecule has 34 heavy (non-hydrogen) atoms. The average Bonchev–Trinajstić information content (AvgIpc) is 2.78. The summed E-state index contributed by atoms with van der Waals surface area (Å²) in [6.07, 6.45) is -2.99. The molecule has 0 radical (unpaired) electrons. The molecule has 1 unspecified atom stereocenters. The van der Waals surface area contributed by atoms with Crippen LogP contribution in [-0.2, 0) is 15.9 Å². The number of halogens is 3. The molecular weight excluding hydrogens is 475 g/mol. The highest BCUT2D eigenvalue weighted by molar-refractivity contribution is 7.91. The molecule has 0 aliphatic heterocycles. The van der Waals surface area contributed by atoms with Crippen LogP contribution in [0.4, 0.5) is 18.9 Å². The van der Waals surface area contributed by atoms with E-state index in [-0.39, 0.29) is 22.1 Å². The number of aromatic nitrogens is 1. The summed E-state index contributed by atoms with van der Waals surface area (Å²) in [5.41, 5.74) is -1.51. The van der Waals surface area contributed by atoms with Crippen LogP contribution in [0.2, 0.25) is 0 Å². The number of amides is 1. The fourth-order valence-electron chi connectivity index (χ4n) is 2.83. The average molecular weight is 495 g/mol. The van der Waals surface area contributed by atoms with Crippen LogP contribution in [0.3, 0.4) is 0 Å². The van der Waals surface area contributed by atoms with Gasteiger partial charge < -0.3 is 19.5 Å². The predicted molar refractivity (Wildman–Crippen MR) is 118 cm³/mol. The number of benzene rings is 2. The number of ether oxygens (including phenoxy) is 3. The van der Waals surface area contributed by atoms with Gasteiger partial charge in [-0.3, -0.25) is 4.79 Å². The summed E-state index contributed by atoms with van der Waals surface area (Å²) in [5.74, 6) is -0.611. The van der Waals surface area contributed by atoms with E-state index in [1.165, 1.54) is 62.9 Å². The van der Waals surface area contributed by atoms with Crippen molar-refractivity contribution in [1.29, 1.82) is 4.78 Å². The molecule has 0 fully saturated rings. The molecule has 0 saturated carbocycles. The van der Waals surface area contributed by atoms with Crippen LogP contribution in [0.15, 0.2) is 59.6 Å². The Hall–Kier alpha value is -3.80. The van der Waals surface area contributed by atoms with Gasteiger partial charge in [-0.25, -0.2) is 14.0 Å². The number of alkyl halides is 3. The van der Waals surface area contributed by atoms with Gasteiger partial charge in [0.2, 0.25) is 5.88 Å². The lowest BCUT2D eigenvalue weighted by Gasteiger charge is -2.15. The van der Waals surface area contributed by atoms with Crippen LogP contribution in [0, 0.1) is 4.78 Å². The second kappa shape index (κ2) is 9.59. The van der Waals surface area contributed by atoms with Crippen molar-refractivity contribution in [3.05, 3.63) is 65.9 Å². The molecule has 1 aromatic heterocycles. The maximum absolute atomic E-state index is 13.3. The van der Waals surface area contributed by atoms with Crippen molar-refractivity contribution in [2.45, 2.75) is 11.1 Å². The quantitative estimate of drug-likeness (QED) is 0.466. The van der Waals surface area contributed by atoms with Crippen molar-refractivity contribution in [2.75, 3.05) is 25.8 Å². The minimum Gasteiger partial charge on any atom is -0.497 e. The van der Waals surface area contributed by atoms with Crippen molar-refractivity contribution in [1.82, 2.24) is 4.98 Å². The van der Waals surface area contributed by atoms with Gasteiger partial charge in [-0.1, -0.05) is 6.07 Å². The third-order valence-electron chi connectivity index (χ3n) is 4.54. The van der Waals surface area contributed by atoms with Crippen LogP contribution >= 0.6 is 0 Å². The molecule has 3 aromatic rings. The molecule has 180 valence electrons. The van der Waals surface area contributed by atoms with Gasteiger partial charge in [0.05, 0.1) is 29.5 Å². The minimum atomic E-state index is -4.75. The Balaban J connectivity index is 2.02. The van der Waals surface area contributed by atoms with E-state index >= 15 is 0 Å². The molecule has 0 aliphatic carbocycles. The Kier molecular flexibility index (Phi) is 7.01. The van der Waals surface area contributed by atoms with Gasteiger partial charge in [-0.05, 0) is 36.4 Å². The predicted octanol–water partition coefficient (Wildman–Crippen LogP) is 5.20. The van der Waals surface area contributed by atoms with Gasteiger partial charge in [0.25, 0.3) is 5.91 Å². The summed E-state index contributed by atoms with van der Waals surface area (Å²) in [6.45, 7) is 0. The largest absolute Gasteiger partial charge is 0.497 e. The van der Waals surface area contributed by atoms with E-state index in [9.17, 15) is 22.2 Å². The van der Waals surface area contributed by atoms with E-state index in [0.717, 1.165) is 0 Å². The zero-order chi connectivity index (χ0) is 25.1. The van der Waals surface area contributed by atoms with Crippen molar-refractivity contribution in [3.63, 3.8) is 0 Å². The molecule has 8 nitrogen and oxygen atoms in total. The van der Waals surface area contributed by atoms with E-state index in [2.05, 4.69) is 10.3 Å². The number of nitrogens with one attached hydrogen (secondary N) is 2. The molecule has 3 rings (SSSR count). The maximum Gasteiger partial charge on any atom is 0.417 e. The second-order valence-corrected chi connectivity index (χ2v) is 9.18. The topological polar surface area (TPSA) is 111 Å². The first-order valence-corrected chi connectivity index (χ1v) is 11.5. The molecule has 0 aliphatic rings. The molecular formula is C22H20F3N3O5S. The molecule has 0 saturated heterocycles. The van der Waals surface area contributed by atoms with Gasteiger partial charge in [-0.2, -0.15) is 13.2 Å². The number of carbonyl (C=O) groups is 1. The fraction of sp³-hybridized carbons (Fsp3) is 0.182. The summed E-state index contributed by atoms with van der Waals surface area (Å²) < 4.78 is 75.5. The SMILES string of the molecule is COc1ccc(Oc2ncc(C(F)(F)F)cc2C(=O)Nc2cccc(S(C)(=N)=O)c2)c(OC)c1. The molecule has 2 aromatic carbocycles. The lowest BCUT2D eigenvalue weighted by Crippen LogP contribution is -2.16. The molecule has 0 bridgehead atoms. The second-order valence-electron chi connectivity index (χ2n) is 7.02. The Labute approximate surface area is 193 Å². The monoisotopic (exact) mass is 495 g/mol. The summed E-state index contributed by atoms with van der Waals surface area (Å²) >= 11 is 0. The standard InChI is InChI=1S/C22H20F3N3O5S/c1-31-15-7-8-18(19(11-15)32-2)33-21-17(9-13(12-27-21)22(23,24)25)20(29)28-14-5-4-6-16(10-14)34(3,26)30/h4-12,26H,1-3H3,(H,28,29). The van der Waals surface area contributed by atoms with E-state index < -0.39 is 38.8 Å². The molecule has 1 atom stereocenters. The normalized spacial score (nSPS) is 13.0. The molecule has 12 heteroatoms. The Morgan fingerprint density at radius 3 is 2.41 bits per heavy atom. The first-order chi connectivity index (χ1) is 15.9. The van der Waals surface area contributed by atoms with Gasteiger partial charge in [0.15, 0.2) is 11.5 Å². The highest BCUT2D eigenvalue weighted by Crippen LogP contribution is 2.37. The first kappa shape index (κ1) is 24.8. The Morgan fingerprint density at radius 2 is 1.79 bits per heavy atom. The summed E-state index contributed by atoms with van der Waals surface area (Å²) in [6, 6.07) is 10.8. The van der Waals surface area contributed by atoms with Crippen molar-refractivity contribution >= 4 is 21.3 Å². The van der Waals surface area contributed by atoms with Crippen LogP contribution < -0.4 is 19.5 Å². The highest BCUT2D eigenvalue weighted by Gasteiger charge is 2.33. The summed E-state index contributed by atoms with van der Waals surface area (Å²) in [4.78, 5) is 16.8. The zero-order valence-corrected chi connectivity index (χ0v) is 19.0. The first-order valence-electron chi connectivity index (χ1n) is 9.54. The lowest BCUT2D eigenvalue weighted by molar-refractivity contribution is -0.137. The lowest BCUT2D eigenvalue weighted by atomic mass is 10.1. The number of anilines is 1. The molecule has 2 N–H and O–H groups in total. The molecule has 1 heterocycles. The van der Waals surface area contributed by atoms with Gasteiger partial charge >= 0.3 is 6.18 Å². The Bertz CT molecular complexity index is 1330. The summed E-state index contributed by atoms with van der Waals surface area (Å²) in [7, 11) is -0.268. The van der Waals surface area contributed by atoms with E-state index in [1.54, 1.807) is 0 Å². The number of hydrogen-bond acceptors (Lipinski definition) is 7. The van der Waals surface area contributed by atoms with Crippen molar-refractivity contribution in [3.8, 4) is 23.1 Å². The highest BCUT2D eigenvalue weighted by atomic mass is 32.2. The number of pyridine rings is 1. The number of carbonyl (C=O) groups excluding carboxylic acids is 1. The van der Waals surface area contributed by atoms with Gasteiger partial charge in [-0.15, -0.1) is 0 Å². The maximum atomic E-state index is 13.3. The number of nitrogens with zero attached hydrogens (tertiary/aromatic N) is 1. The third kappa shape index (κ3) is 5.76. The molecule has 0 spiro atoms. The third-order valence-corrected chi connectivity index (χ3v) is 5.70.